The van der Waals surface area contributed by atoms with Gasteiger partial charge in [-0.15, -0.1) is 10.2 Å². The first-order chi connectivity index (χ1) is 13.6. The van der Waals surface area contributed by atoms with Gasteiger partial charge in [0.1, 0.15) is 16.8 Å². The molecule has 7 heteroatoms. The summed E-state index contributed by atoms with van der Waals surface area (Å²) in [6, 6.07) is 20.3. The zero-order valence-corrected chi connectivity index (χ0v) is 16.7. The predicted molar refractivity (Wildman–Crippen MR) is 112 cm³/mol. The van der Waals surface area contributed by atoms with E-state index in [0.29, 0.717) is 23.4 Å². The molecular weight excluding hydrogens is 420 g/mol. The SMILES string of the molecule is CCOc1ccc(-n2nc3ccc(NC(=O)c4ccccc4Br)cc3n2)cc1. The van der Waals surface area contributed by atoms with Crippen LogP contribution in [-0.2, 0) is 0 Å². The van der Waals surface area contributed by atoms with Gasteiger partial charge in [0.2, 0.25) is 0 Å². The molecule has 1 heterocycles. The van der Waals surface area contributed by atoms with Crippen LogP contribution in [0.5, 0.6) is 5.75 Å². The number of amides is 1. The molecule has 0 aliphatic carbocycles. The average molecular weight is 437 g/mol. The lowest BCUT2D eigenvalue weighted by Crippen LogP contribution is -2.12. The minimum Gasteiger partial charge on any atom is -0.494 e. The fraction of sp³-hybridized carbons (Fsp3) is 0.0952. The maximum absolute atomic E-state index is 12.5. The molecule has 28 heavy (non-hydrogen) atoms. The van der Waals surface area contributed by atoms with Crippen molar-refractivity contribution in [3.8, 4) is 11.4 Å². The third kappa shape index (κ3) is 3.75. The molecule has 0 saturated carbocycles. The second kappa shape index (κ2) is 7.82. The number of halogens is 1. The van der Waals surface area contributed by atoms with Gasteiger partial charge in [-0.3, -0.25) is 4.79 Å². The van der Waals surface area contributed by atoms with E-state index in [1.807, 2.05) is 67.6 Å². The summed E-state index contributed by atoms with van der Waals surface area (Å²) in [5.74, 6) is 0.616. The number of anilines is 1. The molecule has 1 N–H and O–H groups in total. The Balaban J connectivity index is 1.58. The topological polar surface area (TPSA) is 69.0 Å². The third-order valence-corrected chi connectivity index (χ3v) is 4.83. The van der Waals surface area contributed by atoms with Crippen molar-refractivity contribution in [1.29, 1.82) is 0 Å². The van der Waals surface area contributed by atoms with Gasteiger partial charge in [-0.2, -0.15) is 4.80 Å². The Bertz CT molecular complexity index is 1140. The van der Waals surface area contributed by atoms with Crippen LogP contribution in [-0.4, -0.2) is 27.5 Å². The molecule has 0 atom stereocenters. The van der Waals surface area contributed by atoms with Crippen molar-refractivity contribution in [1.82, 2.24) is 15.0 Å². The number of hydrogen-bond donors (Lipinski definition) is 1. The van der Waals surface area contributed by atoms with Crippen LogP contribution in [0.3, 0.4) is 0 Å². The van der Waals surface area contributed by atoms with Crippen molar-refractivity contribution in [2.24, 2.45) is 0 Å². The fourth-order valence-electron chi connectivity index (χ4n) is 2.79. The van der Waals surface area contributed by atoms with Crippen molar-refractivity contribution in [3.63, 3.8) is 0 Å². The molecular formula is C21H17BrN4O2. The summed E-state index contributed by atoms with van der Waals surface area (Å²) in [7, 11) is 0. The maximum atomic E-state index is 12.5. The van der Waals surface area contributed by atoms with Gasteiger partial charge in [-0.05, 0) is 77.5 Å². The van der Waals surface area contributed by atoms with Gasteiger partial charge in [0.25, 0.3) is 5.91 Å². The standard InChI is InChI=1S/C21H17BrN4O2/c1-2-28-16-10-8-15(9-11-16)26-24-19-12-7-14(13-20(19)25-26)23-21(27)17-5-3-4-6-18(17)22/h3-13H,2H2,1H3,(H,23,27). The zero-order valence-electron chi connectivity index (χ0n) is 15.1. The summed E-state index contributed by atoms with van der Waals surface area (Å²) in [5, 5.41) is 11.9. The molecule has 0 aliphatic rings. The number of ether oxygens (including phenoxy) is 1. The van der Waals surface area contributed by atoms with E-state index in [9.17, 15) is 4.79 Å². The van der Waals surface area contributed by atoms with Crippen LogP contribution in [0.2, 0.25) is 0 Å². The fourth-order valence-corrected chi connectivity index (χ4v) is 3.26. The van der Waals surface area contributed by atoms with E-state index in [2.05, 4.69) is 31.4 Å². The number of rotatable bonds is 5. The summed E-state index contributed by atoms with van der Waals surface area (Å²) in [5.41, 5.74) is 3.50. The molecule has 1 aromatic heterocycles. The van der Waals surface area contributed by atoms with Gasteiger partial charge in [-0.25, -0.2) is 0 Å². The highest BCUT2D eigenvalue weighted by molar-refractivity contribution is 9.10. The molecule has 0 aliphatic heterocycles. The van der Waals surface area contributed by atoms with E-state index in [0.717, 1.165) is 21.4 Å². The van der Waals surface area contributed by atoms with Crippen LogP contribution in [0.4, 0.5) is 5.69 Å². The lowest BCUT2D eigenvalue weighted by Gasteiger charge is -2.06. The normalized spacial score (nSPS) is 10.8. The highest BCUT2D eigenvalue weighted by Gasteiger charge is 2.11. The highest BCUT2D eigenvalue weighted by Crippen LogP contribution is 2.21. The smallest absolute Gasteiger partial charge is 0.256 e. The summed E-state index contributed by atoms with van der Waals surface area (Å²) in [4.78, 5) is 14.1. The highest BCUT2D eigenvalue weighted by atomic mass is 79.9. The van der Waals surface area contributed by atoms with Gasteiger partial charge >= 0.3 is 0 Å². The molecule has 0 unspecified atom stereocenters. The largest absolute Gasteiger partial charge is 0.494 e. The van der Waals surface area contributed by atoms with E-state index in [1.54, 1.807) is 10.9 Å². The van der Waals surface area contributed by atoms with Crippen LogP contribution >= 0.6 is 15.9 Å². The van der Waals surface area contributed by atoms with Crippen LogP contribution in [0.1, 0.15) is 17.3 Å². The number of fused-ring (bicyclic) bond motifs is 1. The predicted octanol–water partition coefficient (Wildman–Crippen LogP) is 4.83. The monoisotopic (exact) mass is 436 g/mol. The van der Waals surface area contributed by atoms with E-state index in [4.69, 9.17) is 4.74 Å². The maximum Gasteiger partial charge on any atom is 0.256 e. The van der Waals surface area contributed by atoms with Crippen molar-refractivity contribution < 1.29 is 9.53 Å². The van der Waals surface area contributed by atoms with Gasteiger partial charge in [0, 0.05) is 10.2 Å². The number of benzene rings is 3. The molecule has 0 saturated heterocycles. The first kappa shape index (κ1) is 18.2. The molecule has 0 bridgehead atoms. The van der Waals surface area contributed by atoms with Crippen molar-refractivity contribution in [2.75, 3.05) is 11.9 Å². The number of nitrogens with zero attached hydrogens (tertiary/aromatic N) is 3. The summed E-state index contributed by atoms with van der Waals surface area (Å²) < 4.78 is 6.20. The molecule has 3 aromatic carbocycles. The number of nitrogens with one attached hydrogen (secondary N) is 1. The van der Waals surface area contributed by atoms with Gasteiger partial charge < -0.3 is 10.1 Å². The average Bonchev–Trinajstić information content (AvgIpc) is 3.12. The minimum atomic E-state index is -0.189. The molecule has 0 spiro atoms. The van der Waals surface area contributed by atoms with E-state index < -0.39 is 0 Å². The third-order valence-electron chi connectivity index (χ3n) is 4.14. The van der Waals surface area contributed by atoms with E-state index in [-0.39, 0.29) is 5.91 Å². The molecule has 1 amide bonds. The molecule has 140 valence electrons. The van der Waals surface area contributed by atoms with Crippen molar-refractivity contribution in [2.45, 2.75) is 6.92 Å². The number of aromatic nitrogens is 3. The Morgan fingerprint density at radius 1 is 1.04 bits per heavy atom. The lowest BCUT2D eigenvalue weighted by molar-refractivity contribution is 0.102. The zero-order chi connectivity index (χ0) is 19.5. The Labute approximate surface area is 170 Å². The van der Waals surface area contributed by atoms with Crippen molar-refractivity contribution >= 4 is 38.6 Å². The van der Waals surface area contributed by atoms with Gasteiger partial charge in [0.15, 0.2) is 0 Å². The number of carbonyl (C=O) groups excluding carboxylic acids is 1. The Morgan fingerprint density at radius 3 is 2.54 bits per heavy atom. The van der Waals surface area contributed by atoms with Gasteiger partial charge in [0.05, 0.1) is 17.9 Å². The molecule has 6 nitrogen and oxygen atoms in total. The first-order valence-electron chi connectivity index (χ1n) is 8.80. The molecule has 0 radical (unpaired) electrons. The summed E-state index contributed by atoms with van der Waals surface area (Å²) >= 11 is 3.40. The second-order valence-corrected chi connectivity index (χ2v) is 6.91. The summed E-state index contributed by atoms with van der Waals surface area (Å²) in [6.45, 7) is 2.57. The first-order valence-corrected chi connectivity index (χ1v) is 9.59. The second-order valence-electron chi connectivity index (χ2n) is 6.05. The van der Waals surface area contributed by atoms with Crippen molar-refractivity contribution in [3.05, 3.63) is 76.8 Å². The molecule has 4 rings (SSSR count). The van der Waals surface area contributed by atoms with Crippen LogP contribution in [0.15, 0.2) is 71.2 Å². The number of carbonyl (C=O) groups is 1. The van der Waals surface area contributed by atoms with Gasteiger partial charge in [-0.1, -0.05) is 12.1 Å². The summed E-state index contributed by atoms with van der Waals surface area (Å²) in [6.07, 6.45) is 0. The molecule has 4 aromatic rings. The Kier molecular flexibility index (Phi) is 5.08. The minimum absolute atomic E-state index is 0.189. The Morgan fingerprint density at radius 2 is 1.79 bits per heavy atom. The quantitative estimate of drug-likeness (QED) is 0.486. The van der Waals surface area contributed by atoms with Crippen LogP contribution < -0.4 is 10.1 Å². The van der Waals surface area contributed by atoms with Crippen LogP contribution in [0.25, 0.3) is 16.7 Å². The van der Waals surface area contributed by atoms with E-state index in [1.165, 1.54) is 0 Å². The lowest BCUT2D eigenvalue weighted by atomic mass is 10.2. The molecule has 0 fully saturated rings. The van der Waals surface area contributed by atoms with Crippen LogP contribution in [0, 0.1) is 0 Å². The Hall–Kier alpha value is -3.19. The number of hydrogen-bond acceptors (Lipinski definition) is 4. The van der Waals surface area contributed by atoms with E-state index >= 15 is 0 Å².